The second-order valence-corrected chi connectivity index (χ2v) is 7.31. The van der Waals surface area contributed by atoms with Gasteiger partial charge in [-0.25, -0.2) is 4.79 Å². The SMILES string of the molecule is Cc1ccc(C2CCCCCN2C(=O)CN2C(=O)NC(=O)C2(C)C)o1. The van der Waals surface area contributed by atoms with E-state index < -0.39 is 11.6 Å². The van der Waals surface area contributed by atoms with E-state index in [1.807, 2.05) is 19.1 Å². The molecule has 0 saturated carbocycles. The van der Waals surface area contributed by atoms with Crippen molar-refractivity contribution in [2.45, 2.75) is 58.0 Å². The maximum absolute atomic E-state index is 13.0. The smallest absolute Gasteiger partial charge is 0.325 e. The molecule has 0 radical (unpaired) electrons. The molecule has 4 amide bonds. The van der Waals surface area contributed by atoms with Crippen LogP contribution in [0.4, 0.5) is 4.79 Å². The molecule has 7 heteroatoms. The molecule has 0 aliphatic carbocycles. The zero-order valence-corrected chi connectivity index (χ0v) is 15.0. The van der Waals surface area contributed by atoms with Gasteiger partial charge in [-0.3, -0.25) is 14.9 Å². The van der Waals surface area contributed by atoms with Crippen LogP contribution in [0, 0.1) is 6.92 Å². The lowest BCUT2D eigenvalue weighted by Gasteiger charge is -2.33. The Bertz CT molecular complexity index is 694. The first-order valence-electron chi connectivity index (χ1n) is 8.79. The lowest BCUT2D eigenvalue weighted by atomic mass is 10.0. The lowest BCUT2D eigenvalue weighted by Crippen LogP contribution is -2.50. The van der Waals surface area contributed by atoms with E-state index in [1.54, 1.807) is 18.7 Å². The number of rotatable bonds is 3. The van der Waals surface area contributed by atoms with E-state index >= 15 is 0 Å². The second-order valence-electron chi connectivity index (χ2n) is 7.31. The molecule has 1 N–H and O–H groups in total. The van der Waals surface area contributed by atoms with Crippen LogP contribution in [0.25, 0.3) is 0 Å². The molecular formula is C18H25N3O4. The summed E-state index contributed by atoms with van der Waals surface area (Å²) in [6.45, 7) is 5.70. The summed E-state index contributed by atoms with van der Waals surface area (Å²) in [6, 6.07) is 3.19. The van der Waals surface area contributed by atoms with Gasteiger partial charge in [0.2, 0.25) is 5.91 Å². The van der Waals surface area contributed by atoms with E-state index in [9.17, 15) is 14.4 Å². The minimum Gasteiger partial charge on any atom is -0.464 e. The highest BCUT2D eigenvalue weighted by Crippen LogP contribution is 2.32. The van der Waals surface area contributed by atoms with Gasteiger partial charge < -0.3 is 14.2 Å². The molecule has 0 bridgehead atoms. The third kappa shape index (κ3) is 3.27. The van der Waals surface area contributed by atoms with Crippen molar-refractivity contribution in [3.05, 3.63) is 23.7 Å². The van der Waals surface area contributed by atoms with Crippen LogP contribution in [-0.2, 0) is 9.59 Å². The third-order valence-corrected chi connectivity index (χ3v) is 5.15. The van der Waals surface area contributed by atoms with Crippen LogP contribution in [0.5, 0.6) is 0 Å². The summed E-state index contributed by atoms with van der Waals surface area (Å²) in [7, 11) is 0. The Hall–Kier alpha value is -2.31. The van der Waals surface area contributed by atoms with Gasteiger partial charge in [-0.1, -0.05) is 12.8 Å². The first-order valence-corrected chi connectivity index (χ1v) is 8.79. The molecule has 1 aromatic rings. The van der Waals surface area contributed by atoms with Crippen molar-refractivity contribution in [2.75, 3.05) is 13.1 Å². The van der Waals surface area contributed by atoms with Crippen LogP contribution >= 0.6 is 0 Å². The summed E-state index contributed by atoms with van der Waals surface area (Å²) in [5, 5.41) is 2.28. The number of urea groups is 1. The summed E-state index contributed by atoms with van der Waals surface area (Å²) in [6.07, 6.45) is 3.86. The van der Waals surface area contributed by atoms with Crippen molar-refractivity contribution in [3.63, 3.8) is 0 Å². The number of aryl methyl sites for hydroxylation is 1. The van der Waals surface area contributed by atoms with Crippen molar-refractivity contribution in [1.82, 2.24) is 15.1 Å². The molecule has 2 aliphatic rings. The molecule has 0 spiro atoms. The highest BCUT2D eigenvalue weighted by Gasteiger charge is 2.47. The fourth-order valence-electron chi connectivity index (χ4n) is 3.52. The summed E-state index contributed by atoms with van der Waals surface area (Å²) < 4.78 is 5.77. The number of nitrogens with zero attached hydrogens (tertiary/aromatic N) is 2. The van der Waals surface area contributed by atoms with Gasteiger partial charge in [0.15, 0.2) is 0 Å². The number of carbonyl (C=O) groups is 3. The predicted molar refractivity (Wildman–Crippen MR) is 90.7 cm³/mol. The molecule has 3 heterocycles. The van der Waals surface area contributed by atoms with E-state index in [2.05, 4.69) is 5.32 Å². The molecule has 2 aliphatic heterocycles. The molecule has 1 atom stereocenters. The van der Waals surface area contributed by atoms with Gasteiger partial charge in [0.05, 0.1) is 6.04 Å². The molecule has 0 aromatic carbocycles. The first kappa shape index (κ1) is 17.5. The Morgan fingerprint density at radius 3 is 2.64 bits per heavy atom. The Labute approximate surface area is 147 Å². The molecule has 7 nitrogen and oxygen atoms in total. The van der Waals surface area contributed by atoms with Gasteiger partial charge in [0.1, 0.15) is 23.6 Å². The van der Waals surface area contributed by atoms with E-state index in [0.29, 0.717) is 6.54 Å². The lowest BCUT2D eigenvalue weighted by molar-refractivity contribution is -0.136. The minimum atomic E-state index is -1.02. The number of amides is 4. The van der Waals surface area contributed by atoms with E-state index in [-0.39, 0.29) is 24.4 Å². The summed E-state index contributed by atoms with van der Waals surface area (Å²) in [5.74, 6) is 1.07. The molecule has 1 unspecified atom stereocenters. The van der Waals surface area contributed by atoms with Crippen molar-refractivity contribution >= 4 is 17.8 Å². The normalized spacial score (nSPS) is 23.6. The van der Waals surface area contributed by atoms with Crippen LogP contribution in [0.1, 0.15) is 57.1 Å². The van der Waals surface area contributed by atoms with Crippen molar-refractivity contribution in [1.29, 1.82) is 0 Å². The number of hydrogen-bond donors (Lipinski definition) is 1. The average Bonchev–Trinajstić information content (AvgIpc) is 2.92. The molecule has 3 rings (SSSR count). The second kappa shape index (κ2) is 6.54. The Balaban J connectivity index is 1.80. The van der Waals surface area contributed by atoms with Gasteiger partial charge in [0.25, 0.3) is 5.91 Å². The number of furan rings is 1. The van der Waals surface area contributed by atoms with Crippen molar-refractivity contribution in [2.24, 2.45) is 0 Å². The summed E-state index contributed by atoms with van der Waals surface area (Å²) in [5.41, 5.74) is -1.02. The van der Waals surface area contributed by atoms with Crippen molar-refractivity contribution in [3.8, 4) is 0 Å². The Morgan fingerprint density at radius 1 is 1.28 bits per heavy atom. The number of carbonyl (C=O) groups excluding carboxylic acids is 3. The van der Waals surface area contributed by atoms with Crippen LogP contribution in [0.3, 0.4) is 0 Å². The fraction of sp³-hybridized carbons (Fsp3) is 0.611. The fourth-order valence-corrected chi connectivity index (χ4v) is 3.52. The summed E-state index contributed by atoms with van der Waals surface area (Å²) in [4.78, 5) is 40.1. The monoisotopic (exact) mass is 347 g/mol. The molecule has 2 fully saturated rings. The van der Waals surface area contributed by atoms with Crippen LogP contribution in [0.2, 0.25) is 0 Å². The molecule has 2 saturated heterocycles. The van der Waals surface area contributed by atoms with E-state index in [4.69, 9.17) is 4.42 Å². The van der Waals surface area contributed by atoms with Crippen molar-refractivity contribution < 1.29 is 18.8 Å². The Morgan fingerprint density at radius 2 is 2.04 bits per heavy atom. The maximum Gasteiger partial charge on any atom is 0.325 e. The molecule has 1 aromatic heterocycles. The average molecular weight is 347 g/mol. The third-order valence-electron chi connectivity index (χ3n) is 5.15. The Kier molecular flexibility index (Phi) is 4.58. The summed E-state index contributed by atoms with van der Waals surface area (Å²) >= 11 is 0. The van der Waals surface area contributed by atoms with Crippen LogP contribution in [-0.4, -0.2) is 46.3 Å². The van der Waals surface area contributed by atoms with Gasteiger partial charge >= 0.3 is 6.03 Å². The number of likely N-dealkylation sites (tertiary alicyclic amines) is 1. The zero-order chi connectivity index (χ0) is 18.2. The van der Waals surface area contributed by atoms with Gasteiger partial charge in [0, 0.05) is 6.54 Å². The van der Waals surface area contributed by atoms with E-state index in [1.165, 1.54) is 4.90 Å². The van der Waals surface area contributed by atoms with Crippen LogP contribution in [0.15, 0.2) is 16.5 Å². The topological polar surface area (TPSA) is 82.9 Å². The maximum atomic E-state index is 13.0. The van der Waals surface area contributed by atoms with Gasteiger partial charge in [-0.2, -0.15) is 0 Å². The first-order chi connectivity index (χ1) is 11.8. The standard InChI is InChI=1S/C18H25N3O4/c1-12-8-9-14(25-12)13-7-5-4-6-10-20(13)15(22)11-21-17(24)19-16(23)18(21,2)3/h8-9,13H,4-7,10-11H2,1-3H3,(H,19,23,24). The van der Waals surface area contributed by atoms with Crippen LogP contribution < -0.4 is 5.32 Å². The largest absolute Gasteiger partial charge is 0.464 e. The van der Waals surface area contributed by atoms with E-state index in [0.717, 1.165) is 37.2 Å². The quantitative estimate of drug-likeness (QED) is 0.851. The number of imide groups is 1. The zero-order valence-electron chi connectivity index (χ0n) is 15.0. The number of nitrogens with one attached hydrogen (secondary N) is 1. The molecule has 136 valence electrons. The molecular weight excluding hydrogens is 322 g/mol. The predicted octanol–water partition coefficient (Wildman–Crippen LogP) is 2.36. The van der Waals surface area contributed by atoms with Gasteiger partial charge in [-0.15, -0.1) is 0 Å². The van der Waals surface area contributed by atoms with Gasteiger partial charge in [-0.05, 0) is 45.7 Å². The minimum absolute atomic E-state index is 0.110. The highest BCUT2D eigenvalue weighted by molar-refractivity contribution is 6.07. The number of hydrogen-bond acceptors (Lipinski definition) is 4. The molecule has 25 heavy (non-hydrogen) atoms. The highest BCUT2D eigenvalue weighted by atomic mass is 16.3.